The smallest absolute Gasteiger partial charge is 0.321 e. The molecule has 84 valence electrons. The van der Waals surface area contributed by atoms with E-state index >= 15 is 0 Å². The van der Waals surface area contributed by atoms with Crippen LogP contribution in [0.3, 0.4) is 0 Å². The molecule has 14 heavy (non-hydrogen) atoms. The molecule has 7 heteroatoms. The van der Waals surface area contributed by atoms with Gasteiger partial charge in [-0.15, -0.1) is 0 Å². The lowest BCUT2D eigenvalue weighted by atomic mass is 10.2. The molecule has 5 nitrogen and oxygen atoms in total. The zero-order chi connectivity index (χ0) is 11.6. The zero-order valence-corrected chi connectivity index (χ0v) is 10.1. The van der Waals surface area contributed by atoms with Crippen molar-refractivity contribution in [3.8, 4) is 0 Å². The van der Waals surface area contributed by atoms with Crippen molar-refractivity contribution >= 4 is 25.9 Å². The Bertz CT molecular complexity index is 306. The van der Waals surface area contributed by atoms with E-state index in [1.165, 1.54) is 7.05 Å². The Balaban J connectivity index is 4.23. The van der Waals surface area contributed by atoms with Gasteiger partial charge in [-0.3, -0.25) is 4.79 Å². The average Bonchev–Trinajstić information content (AvgIpc) is 1.79. The second-order valence-corrected chi connectivity index (χ2v) is 6.40. The van der Waals surface area contributed by atoms with Crippen molar-refractivity contribution in [3.63, 3.8) is 0 Å². The summed E-state index contributed by atoms with van der Waals surface area (Å²) in [5, 5.41) is 0. The summed E-state index contributed by atoms with van der Waals surface area (Å²) < 4.78 is 27.0. The third-order valence-electron chi connectivity index (χ3n) is 1.14. The van der Waals surface area contributed by atoms with E-state index in [-0.39, 0.29) is 6.54 Å². The van der Waals surface area contributed by atoms with Crippen molar-refractivity contribution in [1.29, 1.82) is 0 Å². The Morgan fingerprint density at radius 3 is 2.14 bits per heavy atom. The second kappa shape index (κ2) is 4.46. The fraction of sp³-hybridized carbons (Fsp3) is 0.857. The molecule has 0 rings (SSSR count). The van der Waals surface area contributed by atoms with Crippen LogP contribution in [0, 0.1) is 0 Å². The van der Waals surface area contributed by atoms with Gasteiger partial charge >= 0.3 is 5.97 Å². The first-order valence-electron chi connectivity index (χ1n) is 3.90. The highest BCUT2D eigenvalue weighted by Crippen LogP contribution is 2.09. The number of esters is 1. The summed E-state index contributed by atoms with van der Waals surface area (Å²) in [6.45, 7) is 4.70. The van der Waals surface area contributed by atoms with Gasteiger partial charge in [-0.25, -0.2) is 0 Å². The molecule has 0 atom stereocenters. The SMILES string of the molecule is CN(CC(=O)OC(C)(C)C)S(=O)(=O)Cl. The molecule has 0 bridgehead atoms. The van der Waals surface area contributed by atoms with E-state index in [1.807, 2.05) is 0 Å². The van der Waals surface area contributed by atoms with Gasteiger partial charge in [0.1, 0.15) is 12.1 Å². The van der Waals surface area contributed by atoms with Gasteiger partial charge in [0, 0.05) is 17.7 Å². The Hall–Kier alpha value is -0.330. The maximum Gasteiger partial charge on any atom is 0.321 e. The Morgan fingerprint density at radius 1 is 1.43 bits per heavy atom. The van der Waals surface area contributed by atoms with Crippen molar-refractivity contribution in [1.82, 2.24) is 4.31 Å². The van der Waals surface area contributed by atoms with Crippen LogP contribution in [0.25, 0.3) is 0 Å². The lowest BCUT2D eigenvalue weighted by Crippen LogP contribution is -2.34. The lowest BCUT2D eigenvalue weighted by molar-refractivity contribution is -0.154. The molecule has 0 heterocycles. The van der Waals surface area contributed by atoms with E-state index in [0.717, 1.165) is 0 Å². The molecule has 0 fully saturated rings. The maximum absolute atomic E-state index is 11.1. The Labute approximate surface area is 88.5 Å². The fourth-order valence-corrected chi connectivity index (χ4v) is 1.04. The van der Waals surface area contributed by atoms with Crippen LogP contribution in [0.5, 0.6) is 0 Å². The predicted molar refractivity (Wildman–Crippen MR) is 53.2 cm³/mol. The van der Waals surface area contributed by atoms with Crippen LogP contribution in [0.2, 0.25) is 0 Å². The average molecular weight is 244 g/mol. The zero-order valence-electron chi connectivity index (χ0n) is 8.57. The van der Waals surface area contributed by atoms with E-state index in [9.17, 15) is 13.2 Å². The lowest BCUT2D eigenvalue weighted by Gasteiger charge is -2.21. The van der Waals surface area contributed by atoms with Gasteiger partial charge in [0.25, 0.3) is 9.24 Å². The van der Waals surface area contributed by atoms with E-state index in [0.29, 0.717) is 4.31 Å². The van der Waals surface area contributed by atoms with Gasteiger partial charge < -0.3 is 4.74 Å². The van der Waals surface area contributed by atoms with E-state index in [2.05, 4.69) is 0 Å². The van der Waals surface area contributed by atoms with Crippen molar-refractivity contribution in [2.24, 2.45) is 0 Å². The first kappa shape index (κ1) is 13.7. The summed E-state index contributed by atoms with van der Waals surface area (Å²) in [6.07, 6.45) is 0. The Morgan fingerprint density at radius 2 is 1.86 bits per heavy atom. The van der Waals surface area contributed by atoms with Gasteiger partial charge in [0.05, 0.1) is 0 Å². The molecule has 0 saturated carbocycles. The molecule has 0 N–H and O–H groups in total. The minimum atomic E-state index is -3.85. The van der Waals surface area contributed by atoms with Crippen LogP contribution in [-0.2, 0) is 18.8 Å². The predicted octanol–water partition coefficient (Wildman–Crippen LogP) is 0.743. The normalized spacial score (nSPS) is 13.0. The van der Waals surface area contributed by atoms with Crippen LogP contribution in [-0.4, -0.2) is 37.9 Å². The minimum absolute atomic E-state index is 0.386. The molecule has 0 aromatic heterocycles. The molecule has 0 spiro atoms. The quantitative estimate of drug-likeness (QED) is 0.542. The van der Waals surface area contributed by atoms with Crippen molar-refractivity contribution < 1.29 is 17.9 Å². The van der Waals surface area contributed by atoms with Gasteiger partial charge in [0.15, 0.2) is 0 Å². The molecule has 0 unspecified atom stereocenters. The molecule has 0 radical (unpaired) electrons. The number of nitrogens with zero attached hydrogens (tertiary/aromatic N) is 1. The third kappa shape index (κ3) is 6.17. The molecule has 0 aliphatic carbocycles. The number of halogens is 1. The highest BCUT2D eigenvalue weighted by molar-refractivity contribution is 8.11. The van der Waals surface area contributed by atoms with Crippen LogP contribution in [0.1, 0.15) is 20.8 Å². The monoisotopic (exact) mass is 243 g/mol. The largest absolute Gasteiger partial charge is 0.459 e. The Kier molecular flexibility index (Phi) is 4.35. The third-order valence-corrected chi connectivity index (χ3v) is 2.72. The first-order valence-corrected chi connectivity index (χ1v) is 6.17. The van der Waals surface area contributed by atoms with Crippen LogP contribution < -0.4 is 0 Å². The number of hydrogen-bond donors (Lipinski definition) is 0. The van der Waals surface area contributed by atoms with Gasteiger partial charge in [-0.05, 0) is 20.8 Å². The summed E-state index contributed by atoms with van der Waals surface area (Å²) in [6, 6.07) is 0. The number of ether oxygens (including phenoxy) is 1. The van der Waals surface area contributed by atoms with E-state index < -0.39 is 20.8 Å². The highest BCUT2D eigenvalue weighted by atomic mass is 35.7. The van der Waals surface area contributed by atoms with E-state index in [1.54, 1.807) is 20.8 Å². The standard InChI is InChI=1S/C7H14ClNO4S/c1-7(2,3)13-6(10)5-9(4)14(8,11)12/h5H2,1-4H3. The summed E-state index contributed by atoms with van der Waals surface area (Å²) in [5.41, 5.74) is -0.631. The molecule has 0 aliphatic heterocycles. The van der Waals surface area contributed by atoms with Crippen LogP contribution in [0.15, 0.2) is 0 Å². The number of likely N-dealkylation sites (N-methyl/N-ethyl adjacent to an activating group) is 1. The molecule has 0 aliphatic rings. The van der Waals surface area contributed by atoms with Crippen molar-refractivity contribution in [2.75, 3.05) is 13.6 Å². The summed E-state index contributed by atoms with van der Waals surface area (Å²) >= 11 is 0. The molecular weight excluding hydrogens is 230 g/mol. The number of carbonyl (C=O) groups is 1. The molecule has 0 saturated heterocycles. The summed E-state index contributed by atoms with van der Waals surface area (Å²) in [4.78, 5) is 11.1. The van der Waals surface area contributed by atoms with Crippen molar-refractivity contribution in [2.45, 2.75) is 26.4 Å². The highest BCUT2D eigenvalue weighted by Gasteiger charge is 2.22. The maximum atomic E-state index is 11.1. The van der Waals surface area contributed by atoms with Crippen LogP contribution >= 0.6 is 10.7 Å². The summed E-state index contributed by atoms with van der Waals surface area (Å²) in [7, 11) is 2.34. The van der Waals surface area contributed by atoms with E-state index in [4.69, 9.17) is 15.4 Å². The van der Waals surface area contributed by atoms with Gasteiger partial charge in [-0.2, -0.15) is 12.7 Å². The van der Waals surface area contributed by atoms with Gasteiger partial charge in [0.2, 0.25) is 0 Å². The number of hydrogen-bond acceptors (Lipinski definition) is 4. The van der Waals surface area contributed by atoms with Crippen LogP contribution in [0.4, 0.5) is 0 Å². The van der Waals surface area contributed by atoms with Crippen molar-refractivity contribution in [3.05, 3.63) is 0 Å². The first-order chi connectivity index (χ1) is 6.02. The molecule has 0 aromatic rings. The number of carbonyl (C=O) groups excluding carboxylic acids is 1. The second-order valence-electron chi connectivity index (χ2n) is 3.78. The molecule has 0 amide bonds. The molecule has 0 aromatic carbocycles. The summed E-state index contributed by atoms with van der Waals surface area (Å²) in [5.74, 6) is -0.635. The number of rotatable bonds is 3. The van der Waals surface area contributed by atoms with Gasteiger partial charge in [-0.1, -0.05) is 0 Å². The topological polar surface area (TPSA) is 63.7 Å². The minimum Gasteiger partial charge on any atom is -0.459 e. The fourth-order valence-electron chi connectivity index (χ4n) is 0.633. The molecular formula is C7H14ClNO4S.